The largest absolute Gasteiger partial charge is 0.272 e. The number of aromatic nitrogens is 2. The number of nitrogens with one attached hydrogen (secondary N) is 1. The van der Waals surface area contributed by atoms with Gasteiger partial charge in [-0.1, -0.05) is 6.92 Å². The van der Waals surface area contributed by atoms with Gasteiger partial charge in [-0.2, -0.15) is 0 Å². The first-order valence-electron chi connectivity index (χ1n) is 5.10. The second kappa shape index (κ2) is 5.33. The molecule has 2 aromatic heterocycles. The van der Waals surface area contributed by atoms with Gasteiger partial charge in [0.1, 0.15) is 8.81 Å². The summed E-state index contributed by atoms with van der Waals surface area (Å²) in [7, 11) is -3.56. The molecule has 2 heterocycles. The molecule has 0 saturated heterocycles. The highest BCUT2D eigenvalue weighted by Gasteiger charge is 2.17. The van der Waals surface area contributed by atoms with Crippen molar-refractivity contribution in [3.05, 3.63) is 34.0 Å². The van der Waals surface area contributed by atoms with E-state index in [0.29, 0.717) is 4.60 Å². The quantitative estimate of drug-likeness (QED) is 0.922. The number of nitrogens with zero attached hydrogens (tertiary/aromatic N) is 2. The highest BCUT2D eigenvalue weighted by molar-refractivity contribution is 9.10. The van der Waals surface area contributed by atoms with E-state index < -0.39 is 10.0 Å². The molecule has 0 aliphatic carbocycles. The maximum Gasteiger partial charge on any atom is 0.272 e. The fourth-order valence-corrected chi connectivity index (χ4v) is 3.74. The van der Waals surface area contributed by atoms with Crippen LogP contribution in [0, 0.1) is 0 Å². The Kier molecular flexibility index (Phi) is 3.98. The van der Waals surface area contributed by atoms with Crippen molar-refractivity contribution in [2.24, 2.45) is 0 Å². The lowest BCUT2D eigenvalue weighted by molar-refractivity contribution is 0.603. The van der Waals surface area contributed by atoms with Gasteiger partial charge in [-0.25, -0.2) is 18.4 Å². The highest BCUT2D eigenvalue weighted by Crippen LogP contribution is 2.23. The van der Waals surface area contributed by atoms with E-state index in [1.54, 1.807) is 6.07 Å². The molecule has 0 saturated carbocycles. The highest BCUT2D eigenvalue weighted by atomic mass is 79.9. The van der Waals surface area contributed by atoms with Crippen LogP contribution in [0.4, 0.5) is 5.82 Å². The van der Waals surface area contributed by atoms with Gasteiger partial charge in [0.15, 0.2) is 5.82 Å². The van der Waals surface area contributed by atoms with Crippen LogP contribution in [0.15, 0.2) is 33.3 Å². The van der Waals surface area contributed by atoms with Crippen LogP contribution in [0.25, 0.3) is 0 Å². The summed E-state index contributed by atoms with van der Waals surface area (Å²) in [5.74, 6) is 0.199. The van der Waals surface area contributed by atoms with Gasteiger partial charge >= 0.3 is 0 Å². The van der Waals surface area contributed by atoms with Gasteiger partial charge in [0.25, 0.3) is 10.0 Å². The molecule has 0 aliphatic heterocycles. The third-order valence-corrected chi connectivity index (χ3v) is 5.60. The minimum atomic E-state index is -3.56. The van der Waals surface area contributed by atoms with E-state index >= 15 is 0 Å². The van der Waals surface area contributed by atoms with Crippen LogP contribution in [0.3, 0.4) is 0 Å². The van der Waals surface area contributed by atoms with Gasteiger partial charge < -0.3 is 0 Å². The van der Waals surface area contributed by atoms with Gasteiger partial charge in [0.2, 0.25) is 0 Å². The third-order valence-electron chi connectivity index (χ3n) is 2.11. The van der Waals surface area contributed by atoms with Crippen molar-refractivity contribution in [1.82, 2.24) is 9.97 Å². The average molecular weight is 348 g/mol. The zero-order valence-corrected chi connectivity index (χ0v) is 12.6. The van der Waals surface area contributed by atoms with Crippen molar-refractivity contribution in [3.63, 3.8) is 0 Å². The summed E-state index contributed by atoms with van der Waals surface area (Å²) < 4.78 is 27.3. The molecule has 8 heteroatoms. The van der Waals surface area contributed by atoms with Crippen LogP contribution in [-0.4, -0.2) is 18.4 Å². The normalized spacial score (nSPS) is 11.4. The fourth-order valence-electron chi connectivity index (χ4n) is 1.25. The molecule has 0 atom stereocenters. The zero-order valence-electron chi connectivity index (χ0n) is 9.42. The number of hydrogen-bond donors (Lipinski definition) is 1. The van der Waals surface area contributed by atoms with Crippen molar-refractivity contribution >= 4 is 43.1 Å². The Morgan fingerprint density at radius 3 is 2.67 bits per heavy atom. The number of rotatable bonds is 4. The minimum Gasteiger partial charge on any atom is -0.261 e. The molecule has 0 fully saturated rings. The van der Waals surface area contributed by atoms with Gasteiger partial charge in [0.05, 0.1) is 12.4 Å². The summed E-state index contributed by atoms with van der Waals surface area (Å²) >= 11 is 4.39. The summed E-state index contributed by atoms with van der Waals surface area (Å²) in [5, 5.41) is 0. The van der Waals surface area contributed by atoms with Crippen LogP contribution in [0.2, 0.25) is 0 Å². The maximum absolute atomic E-state index is 12.0. The fraction of sp³-hybridized carbons (Fsp3) is 0.200. The van der Waals surface area contributed by atoms with Gasteiger partial charge in [-0.15, -0.1) is 11.3 Å². The Bertz CT molecular complexity index is 637. The lowest BCUT2D eigenvalue weighted by atomic mass is 10.4. The Hall–Kier alpha value is -0.990. The molecule has 96 valence electrons. The van der Waals surface area contributed by atoms with Crippen LogP contribution in [0.1, 0.15) is 11.8 Å². The first-order chi connectivity index (χ1) is 8.51. The molecule has 18 heavy (non-hydrogen) atoms. The number of halogens is 1. The molecule has 0 spiro atoms. The van der Waals surface area contributed by atoms with Crippen molar-refractivity contribution < 1.29 is 8.42 Å². The summed E-state index contributed by atoms with van der Waals surface area (Å²) in [6.07, 6.45) is 3.61. The summed E-state index contributed by atoms with van der Waals surface area (Å²) in [6, 6.07) is 3.41. The van der Waals surface area contributed by atoms with E-state index in [0.717, 1.165) is 11.3 Å². The molecule has 5 nitrogen and oxygen atoms in total. The van der Waals surface area contributed by atoms with E-state index in [2.05, 4.69) is 30.6 Å². The smallest absolute Gasteiger partial charge is 0.261 e. The predicted molar refractivity (Wildman–Crippen MR) is 74.2 cm³/mol. The van der Waals surface area contributed by atoms with Gasteiger partial charge in [0, 0.05) is 4.88 Å². The number of sulfonamides is 1. The summed E-state index contributed by atoms with van der Waals surface area (Å²) in [6.45, 7) is 1.98. The second-order valence-electron chi connectivity index (χ2n) is 3.40. The summed E-state index contributed by atoms with van der Waals surface area (Å²) in [5.41, 5.74) is 0. The molecule has 0 aromatic carbocycles. The van der Waals surface area contributed by atoms with Gasteiger partial charge in [-0.05, 0) is 34.5 Å². The monoisotopic (exact) mass is 347 g/mol. The zero-order chi connectivity index (χ0) is 13.2. The van der Waals surface area contributed by atoms with Crippen molar-refractivity contribution in [3.8, 4) is 0 Å². The molecule has 0 unspecified atom stereocenters. The Morgan fingerprint density at radius 2 is 2.11 bits per heavy atom. The standard InChI is InChI=1S/C10H10BrN3O2S2/c1-2-7-3-4-10(17-7)18(15,16)14-9-6-12-8(11)5-13-9/h3-6H,2H2,1H3,(H,13,14). The summed E-state index contributed by atoms with van der Waals surface area (Å²) in [4.78, 5) is 8.86. The van der Waals surface area contributed by atoms with Crippen LogP contribution >= 0.6 is 27.3 Å². The molecule has 2 aromatic rings. The number of hydrogen-bond acceptors (Lipinski definition) is 5. The van der Waals surface area contributed by atoms with E-state index in [4.69, 9.17) is 0 Å². The topological polar surface area (TPSA) is 72.0 Å². The van der Waals surface area contributed by atoms with E-state index in [9.17, 15) is 8.42 Å². The minimum absolute atomic E-state index is 0.199. The second-order valence-corrected chi connectivity index (χ2v) is 7.29. The number of thiophene rings is 1. The number of aryl methyl sites for hydroxylation is 1. The van der Waals surface area contributed by atoms with Crippen LogP contribution in [0.5, 0.6) is 0 Å². The van der Waals surface area contributed by atoms with E-state index in [1.807, 2.05) is 13.0 Å². The average Bonchev–Trinajstić information content (AvgIpc) is 2.81. The van der Waals surface area contributed by atoms with Crippen molar-refractivity contribution in [2.75, 3.05) is 4.72 Å². The Labute approximate surface area is 117 Å². The maximum atomic E-state index is 12.0. The molecular weight excluding hydrogens is 338 g/mol. The number of anilines is 1. The van der Waals surface area contributed by atoms with Crippen LogP contribution < -0.4 is 4.72 Å². The van der Waals surface area contributed by atoms with Crippen LogP contribution in [-0.2, 0) is 16.4 Å². The molecule has 0 bridgehead atoms. The predicted octanol–water partition coefficient (Wildman–Crippen LogP) is 2.66. The molecule has 1 N–H and O–H groups in total. The van der Waals surface area contributed by atoms with E-state index in [1.165, 1.54) is 23.7 Å². The molecule has 0 aliphatic rings. The molecule has 2 rings (SSSR count). The first-order valence-corrected chi connectivity index (χ1v) is 8.19. The first kappa shape index (κ1) is 13.4. The Morgan fingerprint density at radius 1 is 1.33 bits per heavy atom. The SMILES string of the molecule is CCc1ccc(S(=O)(=O)Nc2cnc(Br)cn2)s1. The third kappa shape index (κ3) is 3.06. The molecule has 0 radical (unpaired) electrons. The van der Waals surface area contributed by atoms with Crippen molar-refractivity contribution in [1.29, 1.82) is 0 Å². The molecular formula is C10H10BrN3O2S2. The molecule has 0 amide bonds. The van der Waals surface area contributed by atoms with Crippen molar-refractivity contribution in [2.45, 2.75) is 17.6 Å². The van der Waals surface area contributed by atoms with E-state index in [-0.39, 0.29) is 10.0 Å². The lowest BCUT2D eigenvalue weighted by Gasteiger charge is -2.04. The Balaban J connectivity index is 2.24. The van der Waals surface area contributed by atoms with Gasteiger partial charge in [-0.3, -0.25) is 4.72 Å². The lowest BCUT2D eigenvalue weighted by Crippen LogP contribution is -2.12.